The average Bonchev–Trinajstić information content (AvgIpc) is 3.16. The molecule has 0 aromatic carbocycles. The molecule has 1 saturated heterocycles. The summed E-state index contributed by atoms with van der Waals surface area (Å²) in [5.41, 5.74) is 0.878. The molecule has 0 bridgehead atoms. The Bertz CT molecular complexity index is 851. The van der Waals surface area contributed by atoms with E-state index in [1.807, 2.05) is 30.2 Å². The van der Waals surface area contributed by atoms with E-state index in [2.05, 4.69) is 10.3 Å². The van der Waals surface area contributed by atoms with Crippen LogP contribution in [0, 0.1) is 13.8 Å². The van der Waals surface area contributed by atoms with E-state index in [4.69, 9.17) is 0 Å². The van der Waals surface area contributed by atoms with Gasteiger partial charge >= 0.3 is 0 Å². The van der Waals surface area contributed by atoms with Crippen molar-refractivity contribution >= 4 is 43.7 Å². The normalized spacial score (nSPS) is 16.9. The number of piperazine rings is 1. The minimum Gasteiger partial charge on any atom is -0.301 e. The number of thiazole rings is 1. The lowest BCUT2D eigenvalue weighted by Gasteiger charge is -2.33. The first kappa shape index (κ1) is 18.5. The van der Waals surface area contributed by atoms with Gasteiger partial charge < -0.3 is 5.32 Å². The molecule has 1 amide bonds. The van der Waals surface area contributed by atoms with Crippen molar-refractivity contribution in [2.45, 2.75) is 18.1 Å². The van der Waals surface area contributed by atoms with Crippen LogP contribution in [0.2, 0.25) is 0 Å². The predicted molar refractivity (Wildman–Crippen MR) is 99.7 cm³/mol. The lowest BCUT2D eigenvalue weighted by molar-refractivity contribution is -0.117. The first-order chi connectivity index (χ1) is 11.8. The molecule has 136 valence electrons. The van der Waals surface area contributed by atoms with Crippen molar-refractivity contribution in [3.8, 4) is 0 Å². The van der Waals surface area contributed by atoms with E-state index >= 15 is 0 Å². The molecule has 3 rings (SSSR count). The number of hydrogen-bond acceptors (Lipinski definition) is 7. The molecule has 0 saturated carbocycles. The number of carbonyl (C=O) groups excluding carboxylic acids is 1. The number of nitrogens with zero attached hydrogens (tertiary/aromatic N) is 3. The number of anilines is 1. The van der Waals surface area contributed by atoms with Crippen molar-refractivity contribution in [2.75, 3.05) is 38.0 Å². The predicted octanol–water partition coefficient (Wildman–Crippen LogP) is 1.77. The third kappa shape index (κ3) is 4.45. The maximum atomic E-state index is 12.6. The first-order valence-corrected chi connectivity index (χ1v) is 11.0. The van der Waals surface area contributed by atoms with Gasteiger partial charge in [-0.05, 0) is 26.0 Å². The van der Waals surface area contributed by atoms with E-state index in [-0.39, 0.29) is 12.5 Å². The number of thiophene rings is 1. The molecule has 3 heterocycles. The Kier molecular flexibility index (Phi) is 5.54. The van der Waals surface area contributed by atoms with E-state index in [0.717, 1.165) is 10.6 Å². The summed E-state index contributed by atoms with van der Waals surface area (Å²) in [4.78, 5) is 19.2. The second kappa shape index (κ2) is 7.50. The van der Waals surface area contributed by atoms with Crippen LogP contribution in [0.5, 0.6) is 0 Å². The van der Waals surface area contributed by atoms with Gasteiger partial charge in [-0.1, -0.05) is 0 Å². The smallest absolute Gasteiger partial charge is 0.252 e. The Labute approximate surface area is 155 Å². The molecule has 25 heavy (non-hydrogen) atoms. The second-order valence-electron chi connectivity index (χ2n) is 5.89. The topological polar surface area (TPSA) is 82.6 Å². The summed E-state index contributed by atoms with van der Waals surface area (Å²) in [5, 5.41) is 5.25. The van der Waals surface area contributed by atoms with Gasteiger partial charge in [0.05, 0.1) is 12.2 Å². The molecular formula is C15H20N4O3S3. The Morgan fingerprint density at radius 3 is 2.52 bits per heavy atom. The van der Waals surface area contributed by atoms with Gasteiger partial charge in [-0.3, -0.25) is 9.69 Å². The van der Waals surface area contributed by atoms with E-state index in [9.17, 15) is 13.2 Å². The number of carbonyl (C=O) groups is 1. The molecule has 0 aliphatic carbocycles. The molecule has 0 spiro atoms. The van der Waals surface area contributed by atoms with E-state index < -0.39 is 10.0 Å². The van der Waals surface area contributed by atoms with Gasteiger partial charge in [-0.15, -0.1) is 22.7 Å². The molecule has 0 radical (unpaired) electrons. The highest BCUT2D eigenvalue weighted by Crippen LogP contribution is 2.25. The second-order valence-corrected chi connectivity index (χ2v) is 10.2. The van der Waals surface area contributed by atoms with Crippen molar-refractivity contribution < 1.29 is 13.2 Å². The summed E-state index contributed by atoms with van der Waals surface area (Å²) >= 11 is 2.69. The molecule has 1 aliphatic rings. The van der Waals surface area contributed by atoms with Gasteiger partial charge in [0.1, 0.15) is 4.21 Å². The fourth-order valence-corrected chi connectivity index (χ4v) is 6.14. The van der Waals surface area contributed by atoms with E-state index in [0.29, 0.717) is 35.5 Å². The van der Waals surface area contributed by atoms with Gasteiger partial charge in [-0.2, -0.15) is 4.31 Å². The Balaban J connectivity index is 1.52. The molecule has 2 aromatic rings. The highest BCUT2D eigenvalue weighted by Gasteiger charge is 2.30. The van der Waals surface area contributed by atoms with Crippen LogP contribution in [0.15, 0.2) is 21.7 Å². The van der Waals surface area contributed by atoms with Crippen LogP contribution in [0.1, 0.15) is 10.6 Å². The SMILES string of the molecule is Cc1csc(NC(=O)CN2CCN(S(=O)(=O)c3ccc(C)s3)CC2)n1. The molecular weight excluding hydrogens is 380 g/mol. The number of rotatable bonds is 5. The fraction of sp³-hybridized carbons (Fsp3) is 0.467. The van der Waals surface area contributed by atoms with Gasteiger partial charge in [0, 0.05) is 36.4 Å². The number of amides is 1. The molecule has 1 aliphatic heterocycles. The molecule has 0 atom stereocenters. The van der Waals surface area contributed by atoms with Crippen LogP contribution < -0.4 is 5.32 Å². The quantitative estimate of drug-likeness (QED) is 0.827. The van der Waals surface area contributed by atoms with Crippen molar-refractivity contribution in [3.63, 3.8) is 0 Å². The van der Waals surface area contributed by atoms with Gasteiger partial charge in [-0.25, -0.2) is 13.4 Å². The van der Waals surface area contributed by atoms with Crippen LogP contribution >= 0.6 is 22.7 Å². The average molecular weight is 401 g/mol. The largest absolute Gasteiger partial charge is 0.301 e. The molecule has 1 fully saturated rings. The van der Waals surface area contributed by atoms with Crippen LogP contribution in [0.4, 0.5) is 5.13 Å². The van der Waals surface area contributed by atoms with Crippen molar-refractivity contribution in [1.29, 1.82) is 0 Å². The van der Waals surface area contributed by atoms with Crippen LogP contribution in [0.25, 0.3) is 0 Å². The maximum Gasteiger partial charge on any atom is 0.252 e. The third-order valence-electron chi connectivity index (χ3n) is 3.87. The van der Waals surface area contributed by atoms with Crippen LogP contribution in [-0.4, -0.2) is 61.2 Å². The third-order valence-corrected chi connectivity index (χ3v) is 8.12. The van der Waals surface area contributed by atoms with Crippen LogP contribution in [-0.2, 0) is 14.8 Å². The first-order valence-electron chi connectivity index (χ1n) is 7.85. The summed E-state index contributed by atoms with van der Waals surface area (Å²) < 4.78 is 27.1. The zero-order valence-electron chi connectivity index (χ0n) is 14.1. The zero-order valence-corrected chi connectivity index (χ0v) is 16.5. The number of nitrogens with one attached hydrogen (secondary N) is 1. The van der Waals surface area contributed by atoms with Crippen molar-refractivity contribution in [3.05, 3.63) is 28.1 Å². The van der Waals surface area contributed by atoms with Gasteiger partial charge in [0.2, 0.25) is 5.91 Å². The van der Waals surface area contributed by atoms with Gasteiger partial charge in [0.15, 0.2) is 5.13 Å². The number of hydrogen-bond donors (Lipinski definition) is 1. The summed E-state index contributed by atoms with van der Waals surface area (Å²) in [7, 11) is -3.42. The molecule has 10 heteroatoms. The molecule has 2 aromatic heterocycles. The molecule has 0 unspecified atom stereocenters. The number of aromatic nitrogens is 1. The van der Waals surface area contributed by atoms with Crippen molar-refractivity contribution in [1.82, 2.24) is 14.2 Å². The van der Waals surface area contributed by atoms with E-state index in [1.165, 1.54) is 27.0 Å². The Morgan fingerprint density at radius 1 is 1.24 bits per heavy atom. The standard InChI is InChI=1S/C15H20N4O3S3/c1-11-10-23-15(16-11)17-13(20)9-18-5-7-19(8-6-18)25(21,22)14-4-3-12(2)24-14/h3-4,10H,5-9H2,1-2H3,(H,16,17,20). The number of aryl methyl sites for hydroxylation is 2. The maximum absolute atomic E-state index is 12.6. The lowest BCUT2D eigenvalue weighted by Crippen LogP contribution is -2.50. The minimum absolute atomic E-state index is 0.125. The highest BCUT2D eigenvalue weighted by molar-refractivity contribution is 7.91. The minimum atomic E-state index is -3.42. The summed E-state index contributed by atoms with van der Waals surface area (Å²) in [6.45, 7) is 5.86. The summed E-state index contributed by atoms with van der Waals surface area (Å²) in [5.74, 6) is -0.125. The fourth-order valence-electron chi connectivity index (χ4n) is 2.58. The monoisotopic (exact) mass is 400 g/mol. The summed E-state index contributed by atoms with van der Waals surface area (Å²) in [6, 6.07) is 3.48. The van der Waals surface area contributed by atoms with Crippen LogP contribution in [0.3, 0.4) is 0 Å². The Hall–Kier alpha value is -1.33. The lowest BCUT2D eigenvalue weighted by atomic mass is 10.3. The van der Waals surface area contributed by atoms with Gasteiger partial charge in [0.25, 0.3) is 10.0 Å². The zero-order chi connectivity index (χ0) is 18.0. The molecule has 7 nitrogen and oxygen atoms in total. The molecule has 1 N–H and O–H groups in total. The Morgan fingerprint density at radius 2 is 1.96 bits per heavy atom. The highest BCUT2D eigenvalue weighted by atomic mass is 32.2. The van der Waals surface area contributed by atoms with E-state index in [1.54, 1.807) is 6.07 Å². The van der Waals surface area contributed by atoms with Crippen molar-refractivity contribution in [2.24, 2.45) is 0 Å². The number of sulfonamides is 1. The summed E-state index contributed by atoms with van der Waals surface area (Å²) in [6.07, 6.45) is 0.